The van der Waals surface area contributed by atoms with Gasteiger partial charge in [0.15, 0.2) is 0 Å². The zero-order valence-electron chi connectivity index (χ0n) is 17.0. The van der Waals surface area contributed by atoms with Crippen LogP contribution in [0, 0.1) is 17.2 Å². The molecule has 2 rings (SSSR count). The summed E-state index contributed by atoms with van der Waals surface area (Å²) in [5, 5.41) is 14.5. The molecule has 0 heterocycles. The summed E-state index contributed by atoms with van der Waals surface area (Å²) >= 11 is 0. The first-order chi connectivity index (χ1) is 13.1. The van der Waals surface area contributed by atoms with Gasteiger partial charge < -0.3 is 10.6 Å². The van der Waals surface area contributed by atoms with Crippen molar-refractivity contribution in [2.24, 2.45) is 5.92 Å². The van der Waals surface area contributed by atoms with E-state index in [0.29, 0.717) is 16.8 Å². The van der Waals surface area contributed by atoms with Crippen LogP contribution in [0.5, 0.6) is 0 Å². The lowest BCUT2D eigenvalue weighted by molar-refractivity contribution is -0.118. The Morgan fingerprint density at radius 2 is 1.54 bits per heavy atom. The molecule has 2 amide bonds. The van der Waals surface area contributed by atoms with Crippen LogP contribution in [0.25, 0.3) is 0 Å². The molecule has 0 bridgehead atoms. The van der Waals surface area contributed by atoms with Gasteiger partial charge in [-0.3, -0.25) is 9.59 Å². The molecule has 2 N–H and O–H groups in total. The third kappa shape index (κ3) is 5.43. The third-order valence-corrected chi connectivity index (χ3v) is 4.53. The van der Waals surface area contributed by atoms with Gasteiger partial charge in [0.25, 0.3) is 5.91 Å². The SMILES string of the molecule is CC(C)[C@@H](NC(=O)c1ccc(C(C)(C)C)cc1)C(=O)Nc1ccc(C#N)cc1. The quantitative estimate of drug-likeness (QED) is 0.817. The van der Waals surface area contributed by atoms with Crippen LogP contribution in [0.4, 0.5) is 5.69 Å². The Bertz CT molecular complexity index is 870. The van der Waals surface area contributed by atoms with Crippen molar-refractivity contribution in [2.45, 2.75) is 46.1 Å². The van der Waals surface area contributed by atoms with Crippen LogP contribution in [0.15, 0.2) is 48.5 Å². The van der Waals surface area contributed by atoms with E-state index in [1.165, 1.54) is 0 Å². The molecule has 0 unspecified atom stereocenters. The normalized spacial score (nSPS) is 12.2. The first-order valence-corrected chi connectivity index (χ1v) is 9.34. The fourth-order valence-electron chi connectivity index (χ4n) is 2.73. The van der Waals surface area contributed by atoms with E-state index in [1.54, 1.807) is 36.4 Å². The van der Waals surface area contributed by atoms with E-state index in [1.807, 2.05) is 32.0 Å². The molecule has 0 aliphatic heterocycles. The Labute approximate surface area is 166 Å². The summed E-state index contributed by atoms with van der Waals surface area (Å²) < 4.78 is 0. The lowest BCUT2D eigenvalue weighted by atomic mass is 9.86. The molecule has 0 radical (unpaired) electrons. The number of carbonyl (C=O) groups is 2. The van der Waals surface area contributed by atoms with Crippen molar-refractivity contribution in [3.05, 3.63) is 65.2 Å². The predicted octanol–water partition coefficient (Wildman–Crippen LogP) is 4.25. The van der Waals surface area contributed by atoms with E-state index < -0.39 is 6.04 Å². The van der Waals surface area contributed by atoms with Gasteiger partial charge in [-0.25, -0.2) is 0 Å². The second-order valence-electron chi connectivity index (χ2n) is 8.20. The number of rotatable bonds is 5. The van der Waals surface area contributed by atoms with Gasteiger partial charge in [-0.05, 0) is 53.3 Å². The highest BCUT2D eigenvalue weighted by Crippen LogP contribution is 2.22. The smallest absolute Gasteiger partial charge is 0.251 e. The fraction of sp³-hybridized carbons (Fsp3) is 0.348. The number of nitriles is 1. The van der Waals surface area contributed by atoms with Crippen molar-refractivity contribution in [3.63, 3.8) is 0 Å². The largest absolute Gasteiger partial charge is 0.340 e. The molecule has 0 aliphatic carbocycles. The average molecular weight is 377 g/mol. The number of nitrogens with zero attached hydrogens (tertiary/aromatic N) is 1. The molecule has 0 saturated carbocycles. The van der Waals surface area contributed by atoms with Crippen LogP contribution in [-0.4, -0.2) is 17.9 Å². The molecule has 1 atom stereocenters. The maximum absolute atomic E-state index is 12.7. The molecule has 0 saturated heterocycles. The minimum Gasteiger partial charge on any atom is -0.340 e. The van der Waals surface area contributed by atoms with Crippen molar-refractivity contribution in [3.8, 4) is 6.07 Å². The maximum Gasteiger partial charge on any atom is 0.251 e. The number of anilines is 1. The van der Waals surface area contributed by atoms with Crippen molar-refractivity contribution in [1.82, 2.24) is 5.32 Å². The fourth-order valence-corrected chi connectivity index (χ4v) is 2.73. The third-order valence-electron chi connectivity index (χ3n) is 4.53. The maximum atomic E-state index is 12.7. The van der Waals surface area contributed by atoms with Gasteiger partial charge >= 0.3 is 0 Å². The first kappa shape index (κ1) is 21.2. The number of hydrogen-bond donors (Lipinski definition) is 2. The molecule has 2 aromatic rings. The van der Waals surface area contributed by atoms with Crippen molar-refractivity contribution < 1.29 is 9.59 Å². The van der Waals surface area contributed by atoms with Gasteiger partial charge in [-0.2, -0.15) is 5.26 Å². The molecular formula is C23H27N3O2. The van der Waals surface area contributed by atoms with Crippen LogP contribution in [0.3, 0.4) is 0 Å². The number of carbonyl (C=O) groups excluding carboxylic acids is 2. The molecule has 5 heteroatoms. The highest BCUT2D eigenvalue weighted by molar-refractivity contribution is 6.01. The summed E-state index contributed by atoms with van der Waals surface area (Å²) in [6, 6.07) is 15.4. The number of nitrogens with one attached hydrogen (secondary N) is 2. The van der Waals surface area contributed by atoms with Crippen LogP contribution >= 0.6 is 0 Å². The minimum atomic E-state index is -0.676. The van der Waals surface area contributed by atoms with Gasteiger partial charge in [-0.15, -0.1) is 0 Å². The Morgan fingerprint density at radius 3 is 2.00 bits per heavy atom. The van der Waals surface area contributed by atoms with Crippen LogP contribution < -0.4 is 10.6 Å². The van der Waals surface area contributed by atoms with Crippen molar-refractivity contribution in [2.75, 3.05) is 5.32 Å². The van der Waals surface area contributed by atoms with E-state index in [4.69, 9.17) is 5.26 Å². The topological polar surface area (TPSA) is 82.0 Å². The summed E-state index contributed by atoms with van der Waals surface area (Å²) in [4.78, 5) is 25.3. The summed E-state index contributed by atoms with van der Waals surface area (Å²) in [6.07, 6.45) is 0. The lowest BCUT2D eigenvalue weighted by Crippen LogP contribution is -2.47. The number of hydrogen-bond acceptors (Lipinski definition) is 3. The standard InChI is InChI=1S/C23H27N3O2/c1-15(2)20(22(28)25-19-12-6-16(14-24)7-13-19)26-21(27)17-8-10-18(11-9-17)23(3,4)5/h6-13,15,20H,1-5H3,(H,25,28)(H,26,27)/t20-/m1/s1. The van der Waals surface area contributed by atoms with Crippen LogP contribution in [0.2, 0.25) is 0 Å². The van der Waals surface area contributed by atoms with E-state index in [2.05, 4.69) is 31.4 Å². The molecular weight excluding hydrogens is 350 g/mol. The Balaban J connectivity index is 2.09. The summed E-state index contributed by atoms with van der Waals surface area (Å²) in [7, 11) is 0. The molecule has 146 valence electrons. The van der Waals surface area contributed by atoms with E-state index in [0.717, 1.165) is 5.56 Å². The Morgan fingerprint density at radius 1 is 0.964 bits per heavy atom. The monoisotopic (exact) mass is 377 g/mol. The van der Waals surface area contributed by atoms with Crippen molar-refractivity contribution in [1.29, 1.82) is 5.26 Å². The van der Waals surface area contributed by atoms with Crippen molar-refractivity contribution >= 4 is 17.5 Å². The summed E-state index contributed by atoms with van der Waals surface area (Å²) in [6.45, 7) is 10.1. The van der Waals surface area contributed by atoms with E-state index >= 15 is 0 Å². The highest BCUT2D eigenvalue weighted by Gasteiger charge is 2.25. The first-order valence-electron chi connectivity index (χ1n) is 9.34. The zero-order valence-corrected chi connectivity index (χ0v) is 17.0. The molecule has 2 aromatic carbocycles. The molecule has 5 nitrogen and oxygen atoms in total. The summed E-state index contributed by atoms with van der Waals surface area (Å²) in [5.74, 6) is -0.662. The summed E-state index contributed by atoms with van der Waals surface area (Å²) in [5.41, 5.74) is 2.77. The van der Waals surface area contributed by atoms with Gasteiger partial charge in [0.05, 0.1) is 11.6 Å². The second kappa shape index (κ2) is 8.71. The second-order valence-corrected chi connectivity index (χ2v) is 8.20. The molecule has 0 fully saturated rings. The van der Waals surface area contributed by atoms with Crippen LogP contribution in [-0.2, 0) is 10.2 Å². The van der Waals surface area contributed by atoms with Gasteiger partial charge in [0, 0.05) is 11.3 Å². The van der Waals surface area contributed by atoms with E-state index in [-0.39, 0.29) is 23.1 Å². The van der Waals surface area contributed by atoms with Crippen LogP contribution in [0.1, 0.15) is 56.1 Å². The van der Waals surface area contributed by atoms with Gasteiger partial charge in [0.2, 0.25) is 5.91 Å². The molecule has 0 spiro atoms. The molecule has 0 aromatic heterocycles. The Hall–Kier alpha value is -3.13. The number of benzene rings is 2. The zero-order chi connectivity index (χ0) is 20.9. The Kier molecular flexibility index (Phi) is 6.58. The predicted molar refractivity (Wildman–Crippen MR) is 111 cm³/mol. The molecule has 0 aliphatic rings. The molecule has 28 heavy (non-hydrogen) atoms. The van der Waals surface area contributed by atoms with Gasteiger partial charge in [0.1, 0.15) is 6.04 Å². The minimum absolute atomic E-state index is 0.0104. The van der Waals surface area contributed by atoms with E-state index in [9.17, 15) is 9.59 Å². The average Bonchev–Trinajstić information content (AvgIpc) is 2.65. The number of amides is 2. The lowest BCUT2D eigenvalue weighted by Gasteiger charge is -2.22. The highest BCUT2D eigenvalue weighted by atomic mass is 16.2. The van der Waals surface area contributed by atoms with Gasteiger partial charge in [-0.1, -0.05) is 46.8 Å².